The van der Waals surface area contributed by atoms with Crippen molar-refractivity contribution in [2.24, 2.45) is 10.9 Å². The lowest BCUT2D eigenvalue weighted by atomic mass is 10.1. The third kappa shape index (κ3) is 11.2. The number of aryl methyl sites for hydroxylation is 1. The monoisotopic (exact) mass is 523 g/mol. The number of aliphatic imine (C=N–C) groups is 1. The Bertz CT molecular complexity index is 626. The number of amides is 1. The number of carbonyl (C=O) groups excluding carboxylic acids is 1. The molecule has 1 aromatic rings. The predicted octanol–water partition coefficient (Wildman–Crippen LogP) is 2.56. The molecule has 0 aliphatic rings. The van der Waals surface area contributed by atoms with Gasteiger partial charge in [0.05, 0.1) is 12.6 Å². The second-order valence-electron chi connectivity index (χ2n) is 7.94. The summed E-state index contributed by atoms with van der Waals surface area (Å²) in [5.74, 6) is 1.90. The summed E-state index contributed by atoms with van der Waals surface area (Å²) in [6.07, 6.45) is 2.17. The van der Waals surface area contributed by atoms with E-state index in [1.54, 1.807) is 6.33 Å². The summed E-state index contributed by atoms with van der Waals surface area (Å²) in [5.41, 5.74) is -0.523. The van der Waals surface area contributed by atoms with Gasteiger partial charge in [0.15, 0.2) is 5.96 Å². The van der Waals surface area contributed by atoms with Crippen molar-refractivity contribution in [2.75, 3.05) is 19.6 Å². The van der Waals surface area contributed by atoms with Gasteiger partial charge < -0.3 is 25.3 Å². The van der Waals surface area contributed by atoms with Crippen LogP contribution in [-0.4, -0.2) is 58.1 Å². The topological polar surface area (TPSA) is 105 Å². The zero-order valence-corrected chi connectivity index (χ0v) is 21.1. The molecule has 1 amide bonds. The molecule has 1 atom stereocenters. The van der Waals surface area contributed by atoms with Gasteiger partial charge in [-0.25, -0.2) is 4.79 Å². The largest absolute Gasteiger partial charge is 0.444 e. The van der Waals surface area contributed by atoms with Gasteiger partial charge in [0.25, 0.3) is 0 Å². The molecule has 0 spiro atoms. The summed E-state index contributed by atoms with van der Waals surface area (Å²) in [6.45, 7) is 16.4. The molecular weight excluding hydrogens is 485 g/mol. The first-order valence-corrected chi connectivity index (χ1v) is 10.0. The Hall–Kier alpha value is -1.59. The van der Waals surface area contributed by atoms with E-state index >= 15 is 0 Å². The van der Waals surface area contributed by atoms with E-state index in [1.165, 1.54) is 0 Å². The van der Waals surface area contributed by atoms with Crippen LogP contribution in [0.2, 0.25) is 0 Å². The molecule has 1 unspecified atom stereocenters. The standard InChI is InChI=1S/C19H37N7O2.HI/c1-8-16-25-23-13-26(16)11-10-21-17(20-9-2)22-12-15(14(3)4)24-18(27)28-19(5,6)7;/h13-15H,8-12H2,1-7H3,(H,24,27)(H2,20,21,22);1H. The van der Waals surface area contributed by atoms with Crippen LogP contribution < -0.4 is 16.0 Å². The first kappa shape index (κ1) is 27.4. The quantitative estimate of drug-likeness (QED) is 0.261. The number of nitrogens with one attached hydrogen (secondary N) is 3. The number of nitrogens with zero attached hydrogens (tertiary/aromatic N) is 4. The first-order valence-electron chi connectivity index (χ1n) is 10.0. The van der Waals surface area contributed by atoms with Crippen LogP contribution in [0.25, 0.3) is 0 Å². The van der Waals surface area contributed by atoms with Gasteiger partial charge >= 0.3 is 6.09 Å². The Kier molecular flexibility index (Phi) is 12.9. The van der Waals surface area contributed by atoms with Crippen LogP contribution in [-0.2, 0) is 17.7 Å². The average molecular weight is 523 g/mol. The molecule has 0 fully saturated rings. The van der Waals surface area contributed by atoms with Crippen molar-refractivity contribution < 1.29 is 9.53 Å². The molecule has 0 saturated heterocycles. The van der Waals surface area contributed by atoms with Crippen molar-refractivity contribution >= 4 is 36.0 Å². The lowest BCUT2D eigenvalue weighted by Gasteiger charge is -2.25. The van der Waals surface area contributed by atoms with Crippen LogP contribution in [0.4, 0.5) is 4.79 Å². The molecule has 0 aliphatic heterocycles. The molecule has 29 heavy (non-hydrogen) atoms. The molecule has 0 bridgehead atoms. The van der Waals surface area contributed by atoms with E-state index in [-0.39, 0.29) is 35.9 Å². The summed E-state index contributed by atoms with van der Waals surface area (Å²) < 4.78 is 7.38. The van der Waals surface area contributed by atoms with Crippen molar-refractivity contribution in [3.05, 3.63) is 12.2 Å². The molecule has 1 aromatic heterocycles. The summed E-state index contributed by atoms with van der Waals surface area (Å²) in [5, 5.41) is 17.5. The van der Waals surface area contributed by atoms with Gasteiger partial charge in [0.1, 0.15) is 17.8 Å². The highest BCUT2D eigenvalue weighted by Crippen LogP contribution is 2.09. The van der Waals surface area contributed by atoms with Gasteiger partial charge in [-0.05, 0) is 33.6 Å². The van der Waals surface area contributed by atoms with Crippen LogP contribution in [0.1, 0.15) is 54.3 Å². The minimum atomic E-state index is -0.523. The van der Waals surface area contributed by atoms with Crippen LogP contribution >= 0.6 is 24.0 Å². The average Bonchev–Trinajstić information content (AvgIpc) is 3.04. The molecule has 0 aliphatic carbocycles. The fourth-order valence-electron chi connectivity index (χ4n) is 2.45. The predicted molar refractivity (Wildman–Crippen MR) is 127 cm³/mol. The lowest BCUT2D eigenvalue weighted by Crippen LogP contribution is -2.45. The van der Waals surface area contributed by atoms with E-state index in [0.717, 1.165) is 25.3 Å². The molecule has 0 radical (unpaired) electrons. The van der Waals surface area contributed by atoms with Gasteiger partial charge in [-0.15, -0.1) is 34.2 Å². The van der Waals surface area contributed by atoms with Crippen LogP contribution in [0, 0.1) is 5.92 Å². The van der Waals surface area contributed by atoms with E-state index < -0.39 is 11.7 Å². The Labute approximate surface area is 191 Å². The normalized spacial score (nSPS) is 12.9. The number of aromatic nitrogens is 3. The van der Waals surface area contributed by atoms with Crippen molar-refractivity contribution in [3.8, 4) is 0 Å². The second-order valence-corrected chi connectivity index (χ2v) is 7.94. The molecule has 3 N–H and O–H groups in total. The summed E-state index contributed by atoms with van der Waals surface area (Å²) in [4.78, 5) is 16.7. The van der Waals surface area contributed by atoms with E-state index in [9.17, 15) is 4.79 Å². The number of rotatable bonds is 9. The maximum absolute atomic E-state index is 12.1. The van der Waals surface area contributed by atoms with Crippen molar-refractivity contribution in [2.45, 2.75) is 73.1 Å². The number of hydrogen-bond acceptors (Lipinski definition) is 5. The molecule has 1 rings (SSSR count). The third-order valence-corrected chi connectivity index (χ3v) is 3.95. The van der Waals surface area contributed by atoms with E-state index in [2.05, 4.69) is 51.9 Å². The number of hydrogen-bond donors (Lipinski definition) is 3. The zero-order valence-electron chi connectivity index (χ0n) is 18.8. The molecule has 1 heterocycles. The summed E-state index contributed by atoms with van der Waals surface area (Å²) in [6, 6.07) is -0.116. The Balaban J connectivity index is 0.00000784. The highest BCUT2D eigenvalue weighted by molar-refractivity contribution is 14.0. The second kappa shape index (κ2) is 13.6. The van der Waals surface area contributed by atoms with Crippen molar-refractivity contribution in [1.29, 1.82) is 0 Å². The minimum absolute atomic E-state index is 0. The Morgan fingerprint density at radius 2 is 1.97 bits per heavy atom. The van der Waals surface area contributed by atoms with Gasteiger partial charge in [-0.2, -0.15) is 0 Å². The molecule has 0 aromatic carbocycles. The van der Waals surface area contributed by atoms with Crippen LogP contribution in [0.3, 0.4) is 0 Å². The van der Waals surface area contributed by atoms with Gasteiger partial charge in [0.2, 0.25) is 0 Å². The number of carbonyl (C=O) groups is 1. The van der Waals surface area contributed by atoms with Crippen molar-refractivity contribution in [1.82, 2.24) is 30.7 Å². The van der Waals surface area contributed by atoms with Crippen LogP contribution in [0.15, 0.2) is 11.3 Å². The van der Waals surface area contributed by atoms with Gasteiger partial charge in [-0.3, -0.25) is 4.99 Å². The van der Waals surface area contributed by atoms with Crippen LogP contribution in [0.5, 0.6) is 0 Å². The lowest BCUT2D eigenvalue weighted by molar-refractivity contribution is 0.0493. The summed E-state index contributed by atoms with van der Waals surface area (Å²) >= 11 is 0. The zero-order chi connectivity index (χ0) is 21.2. The Morgan fingerprint density at radius 1 is 1.28 bits per heavy atom. The smallest absolute Gasteiger partial charge is 0.407 e. The number of guanidine groups is 1. The molecule has 9 nitrogen and oxygen atoms in total. The fourth-order valence-corrected chi connectivity index (χ4v) is 2.45. The molecule has 10 heteroatoms. The number of ether oxygens (including phenoxy) is 1. The fraction of sp³-hybridized carbons (Fsp3) is 0.789. The van der Waals surface area contributed by atoms with Gasteiger partial charge in [-0.1, -0.05) is 20.8 Å². The molecular formula is C19H38IN7O2. The third-order valence-electron chi connectivity index (χ3n) is 3.95. The SMILES string of the molecule is CCNC(=NCC(NC(=O)OC(C)(C)C)C(C)C)NCCn1cnnc1CC.I. The highest BCUT2D eigenvalue weighted by Gasteiger charge is 2.21. The van der Waals surface area contributed by atoms with Gasteiger partial charge in [0, 0.05) is 26.1 Å². The molecule has 0 saturated carbocycles. The number of alkyl carbamates (subject to hydrolysis) is 1. The summed E-state index contributed by atoms with van der Waals surface area (Å²) in [7, 11) is 0. The van der Waals surface area contributed by atoms with E-state index in [0.29, 0.717) is 19.0 Å². The molecule has 168 valence electrons. The maximum atomic E-state index is 12.1. The van der Waals surface area contributed by atoms with Crippen molar-refractivity contribution in [3.63, 3.8) is 0 Å². The highest BCUT2D eigenvalue weighted by atomic mass is 127. The van der Waals surface area contributed by atoms with E-state index in [4.69, 9.17) is 4.74 Å². The number of halogens is 1. The Morgan fingerprint density at radius 3 is 2.52 bits per heavy atom. The maximum Gasteiger partial charge on any atom is 0.407 e. The first-order chi connectivity index (χ1) is 13.2. The van der Waals surface area contributed by atoms with E-state index in [1.807, 2.05) is 32.3 Å². The minimum Gasteiger partial charge on any atom is -0.444 e.